The molecular weight excluding hydrogens is 552 g/mol. The number of furan rings is 2. The summed E-state index contributed by atoms with van der Waals surface area (Å²) in [6, 6.07) is 4.23. The normalized spacial score (nSPS) is 11.0. The van der Waals surface area contributed by atoms with Gasteiger partial charge in [-0.2, -0.15) is 0 Å². The number of hydrogen-bond acceptors (Lipinski definition) is 4. The Hall–Kier alpha value is -2.50. The highest BCUT2D eigenvalue weighted by Crippen LogP contribution is 2.24. The molecule has 6 nitrogen and oxygen atoms in total. The van der Waals surface area contributed by atoms with Gasteiger partial charge in [0.25, 0.3) is 0 Å². The Bertz CT molecular complexity index is 1000. The third-order valence-corrected chi connectivity index (χ3v) is 8.44. The Kier molecular flexibility index (Phi) is 23.2. The average molecular weight is 617 g/mol. The van der Waals surface area contributed by atoms with Gasteiger partial charge < -0.3 is 19.0 Å². The Morgan fingerprint density at radius 3 is 1.30 bits per heavy atom. The number of carboxylic acid groups (broad SMARTS) is 2. The van der Waals surface area contributed by atoms with Gasteiger partial charge in [0, 0.05) is 38.5 Å². The van der Waals surface area contributed by atoms with E-state index >= 15 is 0 Å². The van der Waals surface area contributed by atoms with E-state index < -0.39 is 11.9 Å². The predicted octanol–water partition coefficient (Wildman–Crippen LogP) is 11.4. The van der Waals surface area contributed by atoms with Crippen LogP contribution in [0, 0.1) is 13.8 Å². The Balaban J connectivity index is 0.000000442. The third kappa shape index (κ3) is 19.7. The lowest BCUT2D eigenvalue weighted by atomic mass is 10.0. The highest BCUT2D eigenvalue weighted by Gasteiger charge is 2.12. The van der Waals surface area contributed by atoms with Crippen LogP contribution >= 0.6 is 0 Å². The second-order valence-corrected chi connectivity index (χ2v) is 12.5. The fourth-order valence-corrected chi connectivity index (χ4v) is 5.62. The van der Waals surface area contributed by atoms with Gasteiger partial charge in [-0.3, -0.25) is 9.59 Å². The molecule has 0 spiro atoms. The number of rotatable bonds is 26. The van der Waals surface area contributed by atoms with Gasteiger partial charge in [-0.15, -0.1) is 0 Å². The second-order valence-electron chi connectivity index (χ2n) is 12.5. The first-order valence-corrected chi connectivity index (χ1v) is 17.9. The molecule has 44 heavy (non-hydrogen) atoms. The first-order valence-electron chi connectivity index (χ1n) is 17.9. The van der Waals surface area contributed by atoms with Gasteiger partial charge in [0.1, 0.15) is 23.0 Å². The summed E-state index contributed by atoms with van der Waals surface area (Å²) in [5.74, 6) is 3.28. The van der Waals surface area contributed by atoms with E-state index in [1.807, 2.05) is 0 Å². The molecule has 6 heteroatoms. The first kappa shape index (κ1) is 39.5. The Morgan fingerprint density at radius 1 is 0.500 bits per heavy atom. The van der Waals surface area contributed by atoms with E-state index in [0.717, 1.165) is 75.7 Å². The summed E-state index contributed by atoms with van der Waals surface area (Å²) in [6.07, 6.45) is 25.7. The van der Waals surface area contributed by atoms with Crippen molar-refractivity contribution in [2.45, 2.75) is 182 Å². The molecule has 0 aliphatic rings. The minimum absolute atomic E-state index is 0.321. The zero-order valence-electron chi connectivity index (χ0n) is 28.7. The largest absolute Gasteiger partial charge is 0.481 e. The standard InChI is InChI=1S/C20H34O3.C18H30O3/c1-4-13-18-16(2)17(3)19(23-18)14-11-9-7-5-6-8-10-12-15-20(21)22;1-2-11-16-14-15-17(21-16)12-9-7-5-3-4-6-8-10-13-18(19)20/h4-15H2,1-3H3,(H,21,22);14-15H,2-13H2,1H3,(H,19,20). The Labute approximate surface area is 268 Å². The van der Waals surface area contributed by atoms with Crippen molar-refractivity contribution in [3.05, 3.63) is 46.3 Å². The third-order valence-electron chi connectivity index (χ3n) is 8.44. The van der Waals surface area contributed by atoms with Crippen molar-refractivity contribution in [3.63, 3.8) is 0 Å². The van der Waals surface area contributed by atoms with E-state index in [1.54, 1.807) is 0 Å². The fourth-order valence-electron chi connectivity index (χ4n) is 5.62. The Morgan fingerprint density at radius 2 is 0.864 bits per heavy atom. The molecule has 0 saturated carbocycles. The maximum absolute atomic E-state index is 10.4. The molecule has 0 atom stereocenters. The van der Waals surface area contributed by atoms with Crippen molar-refractivity contribution in [3.8, 4) is 0 Å². The van der Waals surface area contributed by atoms with E-state index in [-0.39, 0.29) is 0 Å². The van der Waals surface area contributed by atoms with Crippen LogP contribution in [0.4, 0.5) is 0 Å². The zero-order valence-corrected chi connectivity index (χ0v) is 28.7. The van der Waals surface area contributed by atoms with Gasteiger partial charge in [0.2, 0.25) is 0 Å². The van der Waals surface area contributed by atoms with E-state index in [2.05, 4.69) is 39.8 Å². The summed E-state index contributed by atoms with van der Waals surface area (Å²) >= 11 is 0. The molecule has 0 bridgehead atoms. The van der Waals surface area contributed by atoms with Crippen LogP contribution in [0.1, 0.15) is 176 Å². The highest BCUT2D eigenvalue weighted by molar-refractivity contribution is 5.66. The molecule has 0 aromatic carbocycles. The van der Waals surface area contributed by atoms with Crippen LogP contribution in [0.15, 0.2) is 21.0 Å². The van der Waals surface area contributed by atoms with E-state index in [4.69, 9.17) is 19.0 Å². The lowest BCUT2D eigenvalue weighted by Crippen LogP contribution is -1.93. The number of unbranched alkanes of at least 4 members (excludes halogenated alkanes) is 14. The van der Waals surface area contributed by atoms with E-state index in [9.17, 15) is 9.59 Å². The minimum Gasteiger partial charge on any atom is -0.481 e. The molecule has 0 aliphatic heterocycles. The maximum Gasteiger partial charge on any atom is 0.303 e. The molecule has 0 unspecified atom stereocenters. The van der Waals surface area contributed by atoms with Crippen LogP contribution in [0.5, 0.6) is 0 Å². The van der Waals surface area contributed by atoms with Crippen LogP contribution < -0.4 is 0 Å². The summed E-state index contributed by atoms with van der Waals surface area (Å²) in [7, 11) is 0. The van der Waals surface area contributed by atoms with Crippen LogP contribution in [0.3, 0.4) is 0 Å². The molecular formula is C38H64O6. The van der Waals surface area contributed by atoms with Gasteiger partial charge in [-0.1, -0.05) is 90.9 Å². The van der Waals surface area contributed by atoms with Crippen molar-refractivity contribution in [2.75, 3.05) is 0 Å². The monoisotopic (exact) mass is 616 g/mol. The number of aryl methyl sites for hydroxylation is 4. The fraction of sp³-hybridized carbons (Fsp3) is 0.737. The molecule has 0 saturated heterocycles. The molecule has 2 rings (SSSR count). The average Bonchev–Trinajstić information content (AvgIpc) is 3.54. The molecule has 252 valence electrons. The SMILES string of the molecule is CCCc1ccc(CCCCCCCCCCC(=O)O)o1.CCCc1oc(CCCCCCCCCCC(=O)O)c(C)c1C. The lowest BCUT2D eigenvalue weighted by molar-refractivity contribution is -0.138. The summed E-state index contributed by atoms with van der Waals surface area (Å²) in [4.78, 5) is 20.8. The van der Waals surface area contributed by atoms with Crippen molar-refractivity contribution in [1.29, 1.82) is 0 Å². The molecule has 0 aliphatic carbocycles. The smallest absolute Gasteiger partial charge is 0.303 e. The molecule has 0 fully saturated rings. The minimum atomic E-state index is -0.671. The summed E-state index contributed by atoms with van der Waals surface area (Å²) < 4.78 is 11.8. The second kappa shape index (κ2) is 25.8. The summed E-state index contributed by atoms with van der Waals surface area (Å²) in [5, 5.41) is 17.1. The van der Waals surface area contributed by atoms with Crippen molar-refractivity contribution >= 4 is 11.9 Å². The lowest BCUT2D eigenvalue weighted by Gasteiger charge is -2.02. The van der Waals surface area contributed by atoms with Crippen LogP contribution in [-0.2, 0) is 35.3 Å². The highest BCUT2D eigenvalue weighted by atomic mass is 16.4. The molecule has 2 aromatic heterocycles. The maximum atomic E-state index is 10.4. The summed E-state index contributed by atoms with van der Waals surface area (Å²) in [5.41, 5.74) is 2.70. The van der Waals surface area contributed by atoms with Crippen molar-refractivity contribution < 1.29 is 28.6 Å². The van der Waals surface area contributed by atoms with E-state index in [0.29, 0.717) is 12.8 Å². The molecule has 2 heterocycles. The number of carboxylic acids is 2. The van der Waals surface area contributed by atoms with Gasteiger partial charge in [-0.25, -0.2) is 0 Å². The van der Waals surface area contributed by atoms with Crippen LogP contribution in [0.25, 0.3) is 0 Å². The molecule has 2 aromatic rings. The number of hydrogen-bond donors (Lipinski definition) is 2. The number of carbonyl (C=O) groups is 2. The van der Waals surface area contributed by atoms with Crippen LogP contribution in [-0.4, -0.2) is 22.2 Å². The summed E-state index contributed by atoms with van der Waals surface area (Å²) in [6.45, 7) is 8.73. The quantitative estimate of drug-likeness (QED) is 0.102. The van der Waals surface area contributed by atoms with Crippen molar-refractivity contribution in [1.82, 2.24) is 0 Å². The van der Waals surface area contributed by atoms with Crippen molar-refractivity contribution in [2.24, 2.45) is 0 Å². The topological polar surface area (TPSA) is 101 Å². The van der Waals surface area contributed by atoms with Crippen LogP contribution in [0.2, 0.25) is 0 Å². The number of aliphatic carboxylic acids is 2. The van der Waals surface area contributed by atoms with Gasteiger partial charge in [-0.05, 0) is 75.6 Å². The predicted molar refractivity (Wildman–Crippen MR) is 181 cm³/mol. The van der Waals surface area contributed by atoms with E-state index in [1.165, 1.54) is 99.7 Å². The van der Waals surface area contributed by atoms with Gasteiger partial charge in [0.15, 0.2) is 0 Å². The first-order chi connectivity index (χ1) is 21.3. The van der Waals surface area contributed by atoms with Gasteiger partial charge in [0.05, 0.1) is 0 Å². The zero-order chi connectivity index (χ0) is 32.4. The molecule has 2 N–H and O–H groups in total. The molecule has 0 radical (unpaired) electrons. The van der Waals surface area contributed by atoms with Gasteiger partial charge >= 0.3 is 11.9 Å². The molecule has 0 amide bonds.